The maximum absolute atomic E-state index is 12.9. The van der Waals surface area contributed by atoms with E-state index in [1.807, 2.05) is 37.3 Å². The number of aldehydes is 1. The summed E-state index contributed by atoms with van der Waals surface area (Å²) in [6, 6.07) is 18.3. The van der Waals surface area contributed by atoms with Gasteiger partial charge < -0.3 is 15.1 Å². The zero-order valence-electron chi connectivity index (χ0n) is 18.6. The summed E-state index contributed by atoms with van der Waals surface area (Å²) in [6.07, 6.45) is 1.64. The lowest BCUT2D eigenvalue weighted by Gasteiger charge is -2.34. The number of carbonyl (C=O) groups excluding carboxylic acids is 2. The van der Waals surface area contributed by atoms with E-state index in [4.69, 9.17) is 0 Å². The zero-order valence-corrected chi connectivity index (χ0v) is 19.5. The Morgan fingerprint density at radius 2 is 1.88 bits per heavy atom. The lowest BCUT2D eigenvalue weighted by atomic mass is 10.1. The number of likely N-dealkylation sites (N-methyl/N-ethyl adjacent to an activating group) is 1. The zero-order chi connectivity index (χ0) is 22.5. The van der Waals surface area contributed by atoms with Crippen LogP contribution in [0, 0.1) is 6.92 Å². The van der Waals surface area contributed by atoms with Crippen LogP contribution in [0.15, 0.2) is 54.6 Å². The van der Waals surface area contributed by atoms with E-state index >= 15 is 0 Å². The number of thiophene rings is 1. The van der Waals surface area contributed by atoms with E-state index in [0.29, 0.717) is 6.54 Å². The average Bonchev–Trinajstić information content (AvgIpc) is 3.30. The number of benzene rings is 2. The molecule has 1 fully saturated rings. The van der Waals surface area contributed by atoms with Gasteiger partial charge in [-0.2, -0.15) is 0 Å². The van der Waals surface area contributed by atoms with Crippen LogP contribution >= 0.6 is 11.3 Å². The molecule has 4 rings (SSSR count). The second-order valence-corrected chi connectivity index (χ2v) is 9.43. The summed E-state index contributed by atoms with van der Waals surface area (Å²) in [7, 11) is 2.14. The largest absolute Gasteiger partial charge is 0.369 e. The molecule has 0 aliphatic carbocycles. The molecule has 1 aromatic heterocycles. The maximum Gasteiger partial charge on any atom is 0.251 e. The Bertz CT molecular complexity index is 1100. The van der Waals surface area contributed by atoms with E-state index in [1.165, 1.54) is 11.3 Å². The molecule has 0 atom stereocenters. The van der Waals surface area contributed by atoms with Gasteiger partial charge in [-0.15, -0.1) is 11.3 Å². The maximum atomic E-state index is 12.9. The first kappa shape index (κ1) is 22.2. The van der Waals surface area contributed by atoms with E-state index in [0.717, 1.165) is 76.6 Å². The molecule has 5 nitrogen and oxygen atoms in total. The number of piperazine rings is 1. The van der Waals surface area contributed by atoms with Crippen molar-refractivity contribution in [2.75, 3.05) is 44.7 Å². The van der Waals surface area contributed by atoms with E-state index < -0.39 is 0 Å². The Kier molecular flexibility index (Phi) is 7.02. The standard InChI is InChI=1S/C26H29N3O2S/c1-19-6-7-22(29-14-12-28(2)13-15-29)17-24(19)26(31)27-11-10-20-4-3-5-21(16-20)25-9-8-23(18-30)32-25/h3-9,16-18H,10-15H2,1-2H3,(H,27,31). The molecule has 1 aliphatic rings. The highest BCUT2D eigenvalue weighted by molar-refractivity contribution is 7.17. The molecule has 0 bridgehead atoms. The van der Waals surface area contributed by atoms with Gasteiger partial charge >= 0.3 is 0 Å². The number of aryl methyl sites for hydroxylation is 1. The molecule has 0 saturated carbocycles. The van der Waals surface area contributed by atoms with Gasteiger partial charge in [-0.1, -0.05) is 30.3 Å². The number of nitrogens with one attached hydrogen (secondary N) is 1. The van der Waals surface area contributed by atoms with Gasteiger partial charge in [0.2, 0.25) is 0 Å². The Labute approximate surface area is 193 Å². The number of hydrogen-bond acceptors (Lipinski definition) is 5. The molecule has 6 heteroatoms. The molecule has 0 spiro atoms. The average molecular weight is 448 g/mol. The Hall–Kier alpha value is -2.96. The van der Waals surface area contributed by atoms with Crippen LogP contribution < -0.4 is 10.2 Å². The van der Waals surface area contributed by atoms with Crippen molar-refractivity contribution in [3.8, 4) is 10.4 Å². The Morgan fingerprint density at radius 3 is 2.62 bits per heavy atom. The van der Waals surface area contributed by atoms with Gasteiger partial charge in [0, 0.05) is 48.9 Å². The van der Waals surface area contributed by atoms with Gasteiger partial charge in [0.05, 0.1) is 4.88 Å². The minimum atomic E-state index is -0.0245. The molecule has 32 heavy (non-hydrogen) atoms. The van der Waals surface area contributed by atoms with Gasteiger partial charge in [0.25, 0.3) is 5.91 Å². The quantitative estimate of drug-likeness (QED) is 0.550. The molecule has 166 valence electrons. The number of carbonyl (C=O) groups is 2. The highest BCUT2D eigenvalue weighted by Crippen LogP contribution is 2.28. The first-order valence-corrected chi connectivity index (χ1v) is 11.8. The summed E-state index contributed by atoms with van der Waals surface area (Å²) in [5, 5.41) is 3.09. The van der Waals surface area contributed by atoms with Crippen LogP contribution in [-0.2, 0) is 6.42 Å². The molecule has 1 amide bonds. The number of anilines is 1. The monoisotopic (exact) mass is 447 g/mol. The number of hydrogen-bond donors (Lipinski definition) is 1. The summed E-state index contributed by atoms with van der Waals surface area (Å²) in [4.78, 5) is 30.3. The molecular weight excluding hydrogens is 418 g/mol. The van der Waals surface area contributed by atoms with Crippen LogP contribution in [0.2, 0.25) is 0 Å². The lowest BCUT2D eigenvalue weighted by Crippen LogP contribution is -2.44. The van der Waals surface area contributed by atoms with Crippen molar-refractivity contribution in [3.05, 3.63) is 76.2 Å². The van der Waals surface area contributed by atoms with Crippen molar-refractivity contribution in [2.45, 2.75) is 13.3 Å². The van der Waals surface area contributed by atoms with Gasteiger partial charge in [-0.05, 0) is 61.3 Å². The first-order chi connectivity index (χ1) is 15.5. The molecule has 3 aromatic rings. The van der Waals surface area contributed by atoms with Crippen molar-refractivity contribution in [1.29, 1.82) is 0 Å². The fourth-order valence-corrected chi connectivity index (χ4v) is 4.80. The van der Waals surface area contributed by atoms with Crippen molar-refractivity contribution in [2.24, 2.45) is 0 Å². The minimum absolute atomic E-state index is 0.0245. The second-order valence-electron chi connectivity index (χ2n) is 8.32. The van der Waals surface area contributed by atoms with Gasteiger partial charge in [0.15, 0.2) is 6.29 Å². The summed E-state index contributed by atoms with van der Waals surface area (Å²) < 4.78 is 0. The second kappa shape index (κ2) is 10.1. The van der Waals surface area contributed by atoms with Crippen LogP contribution in [-0.4, -0.2) is 56.9 Å². The molecule has 0 unspecified atom stereocenters. The highest BCUT2D eigenvalue weighted by atomic mass is 32.1. The molecule has 2 aromatic carbocycles. The first-order valence-electron chi connectivity index (χ1n) is 11.0. The van der Waals surface area contributed by atoms with E-state index in [1.54, 1.807) is 0 Å². The molecule has 1 saturated heterocycles. The van der Waals surface area contributed by atoms with Crippen LogP contribution in [0.1, 0.15) is 31.2 Å². The highest BCUT2D eigenvalue weighted by Gasteiger charge is 2.17. The third-order valence-electron chi connectivity index (χ3n) is 5.99. The number of amides is 1. The third-order valence-corrected chi connectivity index (χ3v) is 7.05. The number of nitrogens with zero attached hydrogens (tertiary/aromatic N) is 2. The predicted molar refractivity (Wildman–Crippen MR) is 132 cm³/mol. The molecular formula is C26H29N3O2S. The van der Waals surface area contributed by atoms with E-state index in [2.05, 4.69) is 46.4 Å². The van der Waals surface area contributed by atoms with E-state index in [9.17, 15) is 9.59 Å². The molecule has 2 heterocycles. The van der Waals surface area contributed by atoms with Gasteiger partial charge in [-0.25, -0.2) is 0 Å². The van der Waals surface area contributed by atoms with Crippen LogP contribution in [0.3, 0.4) is 0 Å². The Balaban J connectivity index is 1.37. The van der Waals surface area contributed by atoms with Crippen LogP contribution in [0.25, 0.3) is 10.4 Å². The summed E-state index contributed by atoms with van der Waals surface area (Å²) in [5.74, 6) is -0.0245. The normalized spacial score (nSPS) is 14.4. The fraction of sp³-hybridized carbons (Fsp3) is 0.308. The van der Waals surface area contributed by atoms with Gasteiger partial charge in [0.1, 0.15) is 0 Å². The summed E-state index contributed by atoms with van der Waals surface area (Å²) >= 11 is 1.49. The SMILES string of the molecule is Cc1ccc(N2CCN(C)CC2)cc1C(=O)NCCc1cccc(-c2ccc(C=O)s2)c1. The topological polar surface area (TPSA) is 52.6 Å². The van der Waals surface area contributed by atoms with E-state index in [-0.39, 0.29) is 5.91 Å². The fourth-order valence-electron chi connectivity index (χ4n) is 3.98. The number of rotatable bonds is 7. The summed E-state index contributed by atoms with van der Waals surface area (Å²) in [5.41, 5.74) is 5.11. The van der Waals surface area contributed by atoms with Crippen molar-refractivity contribution in [3.63, 3.8) is 0 Å². The summed E-state index contributed by atoms with van der Waals surface area (Å²) in [6.45, 7) is 6.60. The molecule has 1 N–H and O–H groups in total. The van der Waals surface area contributed by atoms with Crippen molar-refractivity contribution < 1.29 is 9.59 Å². The molecule has 1 aliphatic heterocycles. The lowest BCUT2D eigenvalue weighted by molar-refractivity contribution is 0.0953. The van der Waals surface area contributed by atoms with Gasteiger partial charge in [-0.3, -0.25) is 9.59 Å². The van der Waals surface area contributed by atoms with Crippen molar-refractivity contribution >= 4 is 29.2 Å². The van der Waals surface area contributed by atoms with Crippen LogP contribution in [0.5, 0.6) is 0 Å². The van der Waals surface area contributed by atoms with Crippen molar-refractivity contribution in [1.82, 2.24) is 10.2 Å². The minimum Gasteiger partial charge on any atom is -0.369 e. The van der Waals surface area contributed by atoms with Crippen LogP contribution in [0.4, 0.5) is 5.69 Å². The third kappa shape index (κ3) is 5.26. The Morgan fingerprint density at radius 1 is 1.06 bits per heavy atom. The smallest absolute Gasteiger partial charge is 0.251 e. The predicted octanol–water partition coefficient (Wildman–Crippen LogP) is 4.26. The molecule has 0 radical (unpaired) electrons.